The predicted octanol–water partition coefficient (Wildman–Crippen LogP) is -0.674. The van der Waals surface area contributed by atoms with Crippen LogP contribution in [0.25, 0.3) is 0 Å². The van der Waals surface area contributed by atoms with Crippen molar-refractivity contribution in [1.82, 2.24) is 5.32 Å². The van der Waals surface area contributed by atoms with Crippen LogP contribution in [-0.2, 0) is 14.3 Å². The average molecular weight is 174 g/mol. The summed E-state index contributed by atoms with van der Waals surface area (Å²) in [5.74, 6) is -1.10. The molecule has 11 heavy (non-hydrogen) atoms. The largest absolute Gasteiger partial charge is 0.468 e. The molecular formula is C5H6N2O3S. The van der Waals surface area contributed by atoms with Gasteiger partial charge in [-0.2, -0.15) is 0 Å². The lowest BCUT2D eigenvalue weighted by molar-refractivity contribution is -0.142. The summed E-state index contributed by atoms with van der Waals surface area (Å²) < 4.78 is 4.34. The van der Waals surface area contributed by atoms with E-state index < -0.39 is 17.1 Å². The first-order chi connectivity index (χ1) is 5.15. The zero-order valence-electron chi connectivity index (χ0n) is 5.71. The quantitative estimate of drug-likeness (QED) is 0.408. The van der Waals surface area contributed by atoms with Gasteiger partial charge in [-0.25, -0.2) is 0 Å². The summed E-state index contributed by atoms with van der Waals surface area (Å²) in [5, 5.41) is 8.28. The van der Waals surface area contributed by atoms with Gasteiger partial charge in [0, 0.05) is 0 Å². The maximum Gasteiger partial charge on any atom is 0.328 e. The van der Waals surface area contributed by atoms with Crippen molar-refractivity contribution in [3.8, 4) is 0 Å². The number of thioether (sulfide) groups is 1. The number of amidine groups is 1. The van der Waals surface area contributed by atoms with Crippen molar-refractivity contribution in [2.45, 2.75) is 5.25 Å². The van der Waals surface area contributed by atoms with Crippen molar-refractivity contribution < 1.29 is 14.3 Å². The highest BCUT2D eigenvalue weighted by molar-refractivity contribution is 8.16. The van der Waals surface area contributed by atoms with Crippen LogP contribution >= 0.6 is 11.8 Å². The highest BCUT2D eigenvalue weighted by Gasteiger charge is 2.36. The van der Waals surface area contributed by atoms with E-state index in [-0.39, 0.29) is 5.17 Å². The van der Waals surface area contributed by atoms with Crippen LogP contribution < -0.4 is 5.32 Å². The third-order valence-electron chi connectivity index (χ3n) is 1.13. The molecule has 0 aromatic rings. The fourth-order valence-corrected chi connectivity index (χ4v) is 1.39. The summed E-state index contributed by atoms with van der Waals surface area (Å²) >= 11 is 0.854. The Morgan fingerprint density at radius 1 is 1.82 bits per heavy atom. The minimum atomic E-state index is -0.896. The average Bonchev–Trinajstić information content (AvgIpc) is 2.28. The van der Waals surface area contributed by atoms with Crippen LogP contribution in [0.1, 0.15) is 0 Å². The molecule has 5 nitrogen and oxygen atoms in total. The Balaban J connectivity index is 2.67. The maximum absolute atomic E-state index is 10.8. The molecule has 1 atom stereocenters. The first-order valence-electron chi connectivity index (χ1n) is 2.79. The molecule has 0 radical (unpaired) electrons. The molecule has 0 saturated carbocycles. The minimum Gasteiger partial charge on any atom is -0.468 e. The Hall–Kier alpha value is -1.04. The molecule has 0 bridgehead atoms. The summed E-state index contributed by atoms with van der Waals surface area (Å²) in [6.07, 6.45) is 0. The van der Waals surface area contributed by atoms with Crippen molar-refractivity contribution in [2.75, 3.05) is 7.11 Å². The maximum atomic E-state index is 10.8. The molecule has 1 amide bonds. The van der Waals surface area contributed by atoms with E-state index in [1.807, 2.05) is 0 Å². The fourth-order valence-electron chi connectivity index (χ4n) is 0.640. The lowest BCUT2D eigenvalue weighted by Crippen LogP contribution is -2.30. The van der Waals surface area contributed by atoms with Crippen LogP contribution in [0.2, 0.25) is 0 Å². The number of hydrogen-bond acceptors (Lipinski definition) is 5. The van der Waals surface area contributed by atoms with E-state index >= 15 is 0 Å². The van der Waals surface area contributed by atoms with Gasteiger partial charge in [-0.3, -0.25) is 15.0 Å². The zero-order valence-corrected chi connectivity index (χ0v) is 6.53. The third-order valence-corrected chi connectivity index (χ3v) is 2.11. The van der Waals surface area contributed by atoms with Crippen LogP contribution in [0.5, 0.6) is 0 Å². The van der Waals surface area contributed by atoms with E-state index in [4.69, 9.17) is 5.41 Å². The molecule has 1 fully saturated rings. The summed E-state index contributed by atoms with van der Waals surface area (Å²) in [7, 11) is 1.21. The molecule has 0 spiro atoms. The first-order valence-corrected chi connectivity index (χ1v) is 3.67. The van der Waals surface area contributed by atoms with Crippen LogP contribution in [0.3, 0.4) is 0 Å². The van der Waals surface area contributed by atoms with Gasteiger partial charge in [0.05, 0.1) is 7.11 Å². The Morgan fingerprint density at radius 2 is 2.45 bits per heavy atom. The topological polar surface area (TPSA) is 79.2 Å². The lowest BCUT2D eigenvalue weighted by Gasteiger charge is -2.00. The first kappa shape index (κ1) is 8.06. The fraction of sp³-hybridized carbons (Fsp3) is 0.400. The standard InChI is InChI=1S/C5H6N2O3S/c1-10-4(9)2-3(8)7-5(6)11-2/h2H,1H3,(H2,6,7,8). The Bertz CT molecular complexity index is 228. The van der Waals surface area contributed by atoms with Crippen molar-refractivity contribution in [1.29, 1.82) is 5.41 Å². The second-order valence-corrected chi connectivity index (χ2v) is 2.95. The predicted molar refractivity (Wildman–Crippen MR) is 39.3 cm³/mol. The van der Waals surface area contributed by atoms with Crippen molar-refractivity contribution in [2.24, 2.45) is 0 Å². The van der Waals surface area contributed by atoms with E-state index in [1.165, 1.54) is 7.11 Å². The van der Waals surface area contributed by atoms with Gasteiger partial charge in [-0.05, 0) is 0 Å². The summed E-state index contributed by atoms with van der Waals surface area (Å²) in [6, 6.07) is 0. The molecule has 1 aliphatic heterocycles. The number of methoxy groups -OCH3 is 1. The molecule has 1 heterocycles. The van der Waals surface area contributed by atoms with E-state index in [2.05, 4.69) is 10.1 Å². The second kappa shape index (κ2) is 2.91. The Kier molecular flexibility index (Phi) is 2.13. The van der Waals surface area contributed by atoms with Crippen LogP contribution in [0.4, 0.5) is 0 Å². The van der Waals surface area contributed by atoms with Gasteiger partial charge in [-0.1, -0.05) is 11.8 Å². The van der Waals surface area contributed by atoms with E-state index in [9.17, 15) is 9.59 Å². The molecule has 1 saturated heterocycles. The Morgan fingerprint density at radius 3 is 2.82 bits per heavy atom. The minimum absolute atomic E-state index is 0.00889. The second-order valence-electron chi connectivity index (χ2n) is 1.84. The van der Waals surface area contributed by atoms with Crippen molar-refractivity contribution in [3.63, 3.8) is 0 Å². The number of rotatable bonds is 1. The van der Waals surface area contributed by atoms with Gasteiger partial charge >= 0.3 is 5.97 Å². The van der Waals surface area contributed by atoms with E-state index in [0.29, 0.717) is 0 Å². The number of amides is 1. The zero-order chi connectivity index (χ0) is 8.43. The van der Waals surface area contributed by atoms with E-state index in [1.54, 1.807) is 0 Å². The number of esters is 1. The molecule has 60 valence electrons. The Labute approximate surface area is 67.0 Å². The SMILES string of the molecule is COC(=O)C1SC(=N)NC1=O. The number of ether oxygens (including phenoxy) is 1. The smallest absolute Gasteiger partial charge is 0.328 e. The summed E-state index contributed by atoms with van der Waals surface area (Å²) in [6.45, 7) is 0. The van der Waals surface area contributed by atoms with E-state index in [0.717, 1.165) is 11.8 Å². The van der Waals surface area contributed by atoms with Gasteiger partial charge < -0.3 is 10.1 Å². The highest BCUT2D eigenvalue weighted by Crippen LogP contribution is 2.18. The van der Waals surface area contributed by atoms with Gasteiger partial charge in [0.25, 0.3) is 5.91 Å². The van der Waals surface area contributed by atoms with Crippen LogP contribution in [-0.4, -0.2) is 29.4 Å². The highest BCUT2D eigenvalue weighted by atomic mass is 32.2. The normalized spacial score (nSPS) is 23.2. The molecule has 6 heteroatoms. The molecule has 0 aromatic heterocycles. The molecular weight excluding hydrogens is 168 g/mol. The molecule has 0 aliphatic carbocycles. The van der Waals surface area contributed by atoms with Gasteiger partial charge in [0.2, 0.25) is 0 Å². The molecule has 0 aromatic carbocycles. The molecule has 1 rings (SSSR count). The summed E-state index contributed by atoms with van der Waals surface area (Å²) in [4.78, 5) is 21.6. The number of nitrogens with one attached hydrogen (secondary N) is 2. The molecule has 1 aliphatic rings. The van der Waals surface area contributed by atoms with Crippen LogP contribution in [0.15, 0.2) is 0 Å². The lowest BCUT2D eigenvalue weighted by atomic mass is 10.4. The molecule has 1 unspecified atom stereocenters. The summed E-state index contributed by atoms with van der Waals surface area (Å²) in [5.41, 5.74) is 0. The number of carbonyl (C=O) groups excluding carboxylic acids is 2. The van der Waals surface area contributed by atoms with Crippen molar-refractivity contribution in [3.05, 3.63) is 0 Å². The monoisotopic (exact) mass is 174 g/mol. The van der Waals surface area contributed by atoms with Gasteiger partial charge in [0.15, 0.2) is 10.4 Å². The van der Waals surface area contributed by atoms with Gasteiger partial charge in [-0.15, -0.1) is 0 Å². The third kappa shape index (κ3) is 1.51. The van der Waals surface area contributed by atoms with Crippen LogP contribution in [0, 0.1) is 5.41 Å². The number of hydrogen-bond donors (Lipinski definition) is 2. The molecule has 2 N–H and O–H groups in total. The van der Waals surface area contributed by atoms with Gasteiger partial charge in [0.1, 0.15) is 0 Å². The number of carbonyl (C=O) groups is 2. The van der Waals surface area contributed by atoms with Crippen molar-refractivity contribution >= 4 is 28.8 Å².